The van der Waals surface area contributed by atoms with Crippen molar-refractivity contribution >= 4 is 44.8 Å². The second-order valence-corrected chi connectivity index (χ2v) is 10.5. The van der Waals surface area contributed by atoms with Crippen LogP contribution in [-0.4, -0.2) is 34.2 Å². The van der Waals surface area contributed by atoms with Crippen molar-refractivity contribution in [1.82, 2.24) is 5.32 Å². The lowest BCUT2D eigenvalue weighted by atomic mass is 9.93. The van der Waals surface area contributed by atoms with E-state index in [0.29, 0.717) is 5.02 Å². The third-order valence-corrected chi connectivity index (χ3v) is 6.63. The molecule has 170 valence electrons. The van der Waals surface area contributed by atoms with E-state index in [1.165, 1.54) is 12.1 Å². The molecule has 31 heavy (non-hydrogen) atoms. The van der Waals surface area contributed by atoms with Gasteiger partial charge in [0.15, 0.2) is 0 Å². The van der Waals surface area contributed by atoms with Crippen molar-refractivity contribution in [3.05, 3.63) is 57.1 Å². The molecular formula is C22H28Cl2N2O4S. The van der Waals surface area contributed by atoms with Gasteiger partial charge in [-0.2, -0.15) is 0 Å². The number of nitrogens with zero attached hydrogens (tertiary/aromatic N) is 1. The van der Waals surface area contributed by atoms with Crippen LogP contribution in [0.3, 0.4) is 0 Å². The molecule has 0 bridgehead atoms. The molecule has 0 saturated carbocycles. The quantitative estimate of drug-likeness (QED) is 0.564. The van der Waals surface area contributed by atoms with Crippen molar-refractivity contribution in [3.63, 3.8) is 0 Å². The van der Waals surface area contributed by atoms with E-state index < -0.39 is 22.5 Å². The molecule has 0 aliphatic rings. The van der Waals surface area contributed by atoms with Gasteiger partial charge in [-0.05, 0) is 66.8 Å². The van der Waals surface area contributed by atoms with E-state index in [1.807, 2.05) is 26.0 Å². The zero-order chi connectivity index (χ0) is 23.5. The minimum Gasteiger partial charge on any atom is -0.496 e. The minimum atomic E-state index is -3.77. The predicted octanol–water partition coefficient (Wildman–Crippen LogP) is 5.08. The second-order valence-electron chi connectivity index (χ2n) is 7.76. The van der Waals surface area contributed by atoms with Crippen LogP contribution in [0, 0.1) is 6.92 Å². The van der Waals surface area contributed by atoms with Crippen molar-refractivity contribution < 1.29 is 17.9 Å². The van der Waals surface area contributed by atoms with E-state index in [1.54, 1.807) is 13.2 Å². The fraction of sp³-hybridized carbons (Fsp3) is 0.409. The van der Waals surface area contributed by atoms with Crippen molar-refractivity contribution in [2.75, 3.05) is 24.2 Å². The molecule has 2 rings (SSSR count). The van der Waals surface area contributed by atoms with E-state index >= 15 is 0 Å². The molecule has 0 radical (unpaired) electrons. The lowest BCUT2D eigenvalue weighted by Gasteiger charge is -2.25. The molecule has 0 aliphatic heterocycles. The number of aryl methyl sites for hydroxylation is 1. The Morgan fingerprint density at radius 1 is 1.13 bits per heavy atom. The molecule has 0 aromatic heterocycles. The lowest BCUT2D eigenvalue weighted by molar-refractivity contribution is -0.120. The monoisotopic (exact) mass is 486 g/mol. The number of hydrogen-bond acceptors (Lipinski definition) is 4. The Bertz CT molecular complexity index is 1070. The molecule has 0 spiro atoms. The number of sulfonamides is 1. The number of carbonyl (C=O) groups is 1. The highest BCUT2D eigenvalue weighted by atomic mass is 35.5. The molecule has 2 aromatic rings. The summed E-state index contributed by atoms with van der Waals surface area (Å²) in [7, 11) is -2.14. The summed E-state index contributed by atoms with van der Waals surface area (Å²) in [5.74, 6) is 0.576. The van der Waals surface area contributed by atoms with Gasteiger partial charge in [0.05, 0.1) is 30.1 Å². The summed E-state index contributed by atoms with van der Waals surface area (Å²) < 4.78 is 31.1. The summed E-state index contributed by atoms with van der Waals surface area (Å²) >= 11 is 12.2. The molecule has 1 N–H and O–H groups in total. The summed E-state index contributed by atoms with van der Waals surface area (Å²) in [5.41, 5.74) is 3.09. The van der Waals surface area contributed by atoms with Crippen LogP contribution in [0.15, 0.2) is 30.3 Å². The topological polar surface area (TPSA) is 75.7 Å². The minimum absolute atomic E-state index is 0.155. The number of rotatable bonds is 8. The highest BCUT2D eigenvalue weighted by molar-refractivity contribution is 7.92. The zero-order valence-corrected chi connectivity index (χ0v) is 20.8. The zero-order valence-electron chi connectivity index (χ0n) is 18.5. The smallest absolute Gasteiger partial charge is 0.241 e. The highest BCUT2D eigenvalue weighted by Crippen LogP contribution is 2.33. The maximum Gasteiger partial charge on any atom is 0.241 e. The Kier molecular flexibility index (Phi) is 8.25. The van der Waals surface area contributed by atoms with E-state index in [9.17, 15) is 13.2 Å². The fourth-order valence-electron chi connectivity index (χ4n) is 3.36. The lowest BCUT2D eigenvalue weighted by Crippen LogP contribution is -2.41. The van der Waals surface area contributed by atoms with Gasteiger partial charge >= 0.3 is 0 Å². The predicted molar refractivity (Wildman–Crippen MR) is 127 cm³/mol. The molecular weight excluding hydrogens is 459 g/mol. The van der Waals surface area contributed by atoms with Gasteiger partial charge in [0.1, 0.15) is 12.3 Å². The molecule has 0 saturated heterocycles. The van der Waals surface area contributed by atoms with Crippen LogP contribution in [0.4, 0.5) is 5.69 Å². The first kappa shape index (κ1) is 25.3. The average molecular weight is 487 g/mol. The first-order valence-corrected chi connectivity index (χ1v) is 12.4. The molecule has 2 aromatic carbocycles. The summed E-state index contributed by atoms with van der Waals surface area (Å²) in [6, 6.07) is 8.09. The number of anilines is 1. The highest BCUT2D eigenvalue weighted by Gasteiger charge is 2.25. The average Bonchev–Trinajstić information content (AvgIpc) is 2.66. The molecule has 1 atom stereocenters. The number of nitrogens with one attached hydrogen (secondary N) is 1. The second kappa shape index (κ2) is 10.1. The normalized spacial score (nSPS) is 12.5. The molecule has 9 heteroatoms. The number of ether oxygens (including phenoxy) is 1. The van der Waals surface area contributed by atoms with Crippen LogP contribution < -0.4 is 14.4 Å². The summed E-state index contributed by atoms with van der Waals surface area (Å²) in [5, 5.41) is 3.39. The molecule has 0 unspecified atom stereocenters. The molecule has 0 fully saturated rings. The first-order valence-electron chi connectivity index (χ1n) is 9.75. The van der Waals surface area contributed by atoms with Crippen LogP contribution in [0.5, 0.6) is 5.75 Å². The largest absolute Gasteiger partial charge is 0.496 e. The Balaban J connectivity index is 2.29. The number of carbonyl (C=O) groups excluding carboxylic acids is 1. The van der Waals surface area contributed by atoms with E-state index in [0.717, 1.165) is 33.0 Å². The maximum atomic E-state index is 12.8. The van der Waals surface area contributed by atoms with Gasteiger partial charge < -0.3 is 10.1 Å². The Morgan fingerprint density at radius 2 is 1.77 bits per heavy atom. The number of methoxy groups -OCH3 is 1. The third kappa shape index (κ3) is 6.28. The molecule has 6 nitrogen and oxygen atoms in total. The van der Waals surface area contributed by atoms with Crippen molar-refractivity contribution in [2.45, 2.75) is 39.7 Å². The SMILES string of the molecule is COc1cc(C)c([C@@H](C)NC(=O)CN(c2cc(Cl)ccc2Cl)S(C)(=O)=O)cc1C(C)C. The number of benzene rings is 2. The van der Waals surface area contributed by atoms with Crippen LogP contribution in [0.2, 0.25) is 10.0 Å². The van der Waals surface area contributed by atoms with Crippen molar-refractivity contribution in [1.29, 1.82) is 0 Å². The van der Waals surface area contributed by atoms with Gasteiger partial charge in [-0.1, -0.05) is 37.0 Å². The van der Waals surface area contributed by atoms with Crippen molar-refractivity contribution in [3.8, 4) is 5.75 Å². The molecule has 0 aliphatic carbocycles. The van der Waals surface area contributed by atoms with Gasteiger partial charge in [-0.25, -0.2) is 8.42 Å². The van der Waals surface area contributed by atoms with Gasteiger partial charge in [0.25, 0.3) is 0 Å². The number of hydrogen-bond donors (Lipinski definition) is 1. The maximum absolute atomic E-state index is 12.8. The van der Waals surface area contributed by atoms with E-state index in [2.05, 4.69) is 19.2 Å². The van der Waals surface area contributed by atoms with Crippen LogP contribution in [0.25, 0.3) is 0 Å². The standard InChI is InChI=1S/C22H28Cl2N2O4S/c1-13(2)17-11-18(14(3)9-21(17)30-5)15(4)25-22(27)12-26(31(6,28)29)20-10-16(23)7-8-19(20)24/h7-11,13,15H,12H2,1-6H3,(H,25,27)/t15-/m1/s1. The van der Waals surface area contributed by atoms with Crippen LogP contribution in [-0.2, 0) is 14.8 Å². The third-order valence-electron chi connectivity index (χ3n) is 4.95. The van der Waals surface area contributed by atoms with Gasteiger partial charge in [0, 0.05) is 5.02 Å². The fourth-order valence-corrected chi connectivity index (χ4v) is 4.66. The van der Waals surface area contributed by atoms with Gasteiger partial charge in [-0.3, -0.25) is 9.10 Å². The summed E-state index contributed by atoms with van der Waals surface area (Å²) in [6.45, 7) is 7.51. The Labute approximate surface area is 194 Å². The summed E-state index contributed by atoms with van der Waals surface area (Å²) in [4.78, 5) is 12.8. The van der Waals surface area contributed by atoms with Crippen LogP contribution in [0.1, 0.15) is 49.4 Å². The Morgan fingerprint density at radius 3 is 2.32 bits per heavy atom. The van der Waals surface area contributed by atoms with E-state index in [4.69, 9.17) is 27.9 Å². The Hall–Kier alpha value is -1.96. The molecule has 1 amide bonds. The first-order chi connectivity index (χ1) is 14.3. The van der Waals surface area contributed by atoms with Gasteiger partial charge in [0.2, 0.25) is 15.9 Å². The summed E-state index contributed by atoms with van der Waals surface area (Å²) in [6.07, 6.45) is 1.02. The number of halogens is 2. The van der Waals surface area contributed by atoms with Gasteiger partial charge in [-0.15, -0.1) is 0 Å². The molecule has 0 heterocycles. The van der Waals surface area contributed by atoms with E-state index in [-0.39, 0.29) is 22.7 Å². The van der Waals surface area contributed by atoms with Crippen LogP contribution >= 0.6 is 23.2 Å². The number of amides is 1. The van der Waals surface area contributed by atoms with Crippen molar-refractivity contribution in [2.24, 2.45) is 0 Å².